The molecule has 0 fully saturated rings. The Morgan fingerprint density at radius 1 is 0.314 bits per heavy atom. The van der Waals surface area contributed by atoms with E-state index in [2.05, 4.69) is 158 Å². The highest BCUT2D eigenvalue weighted by Crippen LogP contribution is 2.50. The van der Waals surface area contributed by atoms with E-state index in [4.69, 9.17) is 23.8 Å². The molecular weight excluding hydrogens is 855 g/mol. The molecule has 3 heterocycles. The molecule has 1 aliphatic rings. The van der Waals surface area contributed by atoms with Crippen LogP contribution in [0.15, 0.2) is 239 Å². The van der Waals surface area contributed by atoms with Gasteiger partial charge in [-0.3, -0.25) is 0 Å². The van der Waals surface area contributed by atoms with Crippen LogP contribution in [0.3, 0.4) is 0 Å². The zero-order valence-corrected chi connectivity index (χ0v) is 37.9. The van der Waals surface area contributed by atoms with Crippen molar-refractivity contribution in [2.75, 3.05) is 0 Å². The fourth-order valence-corrected chi connectivity index (χ4v) is 10.9. The first kappa shape index (κ1) is 39.9. The van der Waals surface area contributed by atoms with E-state index in [1.807, 2.05) is 72.8 Å². The number of furan rings is 2. The normalized spacial score (nSPS) is 13.2. The van der Waals surface area contributed by atoms with E-state index < -0.39 is 0 Å². The molecule has 1 atom stereocenters. The summed E-state index contributed by atoms with van der Waals surface area (Å²) < 4.78 is 13.2. The third-order valence-electron chi connectivity index (χ3n) is 14.1. The lowest BCUT2D eigenvalue weighted by Gasteiger charge is -2.30. The number of aromatic nitrogens is 3. The van der Waals surface area contributed by atoms with Crippen LogP contribution in [0.1, 0.15) is 22.6 Å². The van der Waals surface area contributed by atoms with Gasteiger partial charge in [-0.05, 0) is 110 Å². The zero-order chi connectivity index (χ0) is 46.1. The van der Waals surface area contributed by atoms with Crippen molar-refractivity contribution in [1.29, 1.82) is 0 Å². The van der Waals surface area contributed by atoms with Gasteiger partial charge in [0.1, 0.15) is 22.3 Å². The van der Waals surface area contributed by atoms with Gasteiger partial charge in [-0.25, -0.2) is 15.0 Å². The topological polar surface area (TPSA) is 65.0 Å². The van der Waals surface area contributed by atoms with Gasteiger partial charge in [0, 0.05) is 44.2 Å². The van der Waals surface area contributed by atoms with Gasteiger partial charge in [-0.2, -0.15) is 0 Å². The van der Waals surface area contributed by atoms with Crippen LogP contribution in [0.2, 0.25) is 0 Å². The molecule has 70 heavy (non-hydrogen) atoms. The van der Waals surface area contributed by atoms with Crippen molar-refractivity contribution in [3.05, 3.63) is 247 Å². The summed E-state index contributed by atoms with van der Waals surface area (Å²) in [5, 5.41) is 4.40. The van der Waals surface area contributed by atoms with Crippen molar-refractivity contribution in [2.24, 2.45) is 0 Å². The fourth-order valence-electron chi connectivity index (χ4n) is 10.9. The Kier molecular flexibility index (Phi) is 9.27. The average molecular weight is 896 g/mol. The first-order valence-electron chi connectivity index (χ1n) is 23.8. The van der Waals surface area contributed by atoms with Gasteiger partial charge in [-0.15, -0.1) is 0 Å². The second-order valence-corrected chi connectivity index (χ2v) is 18.2. The Labute approximate surface area is 404 Å². The second-order valence-electron chi connectivity index (χ2n) is 18.2. The number of rotatable bonds is 7. The Hall–Kier alpha value is -9.19. The molecule has 0 saturated carbocycles. The Morgan fingerprint density at radius 2 is 0.843 bits per heavy atom. The maximum absolute atomic E-state index is 6.91. The van der Waals surface area contributed by atoms with E-state index in [-0.39, 0.29) is 5.92 Å². The maximum Gasteiger partial charge on any atom is 0.164 e. The smallest absolute Gasteiger partial charge is 0.164 e. The minimum atomic E-state index is 0.0877. The summed E-state index contributed by atoms with van der Waals surface area (Å²) in [5.41, 5.74) is 19.4. The van der Waals surface area contributed by atoms with Crippen molar-refractivity contribution in [1.82, 2.24) is 15.0 Å². The summed E-state index contributed by atoms with van der Waals surface area (Å²) in [6.07, 6.45) is 0.877. The predicted octanol–water partition coefficient (Wildman–Crippen LogP) is 17.0. The van der Waals surface area contributed by atoms with Gasteiger partial charge in [0.2, 0.25) is 0 Å². The highest BCUT2D eigenvalue weighted by molar-refractivity contribution is 6.19. The predicted molar refractivity (Wildman–Crippen MR) is 284 cm³/mol. The average Bonchev–Trinajstić information content (AvgIpc) is 4.01. The van der Waals surface area contributed by atoms with Crippen LogP contribution >= 0.6 is 0 Å². The third kappa shape index (κ3) is 6.66. The molecule has 0 aliphatic heterocycles. The first-order valence-corrected chi connectivity index (χ1v) is 23.8. The summed E-state index contributed by atoms with van der Waals surface area (Å²) in [7, 11) is 0. The molecule has 5 heteroatoms. The molecule has 1 aliphatic carbocycles. The standard InChI is InChI=1S/C65H41N3O2/c1-3-16-40(17-4-1)63-66-64(41-18-5-2-6-19-41)68-65(67-63)47-24-14-22-43(37-47)42-21-13-23-46(36-42)60-53(54-38-44-20-7-8-25-48(44)50-26-9-10-27-51(50)54)33-35-59-62(60)61-49(29-15-31-58(61)70-59)45-32-34-57-55(39-45)52-28-11-12-30-56(52)69-57/h1-37,39,54H,38H2. The van der Waals surface area contributed by atoms with Gasteiger partial charge in [0.05, 0.1) is 0 Å². The summed E-state index contributed by atoms with van der Waals surface area (Å²) in [6.45, 7) is 0. The van der Waals surface area contributed by atoms with Gasteiger partial charge >= 0.3 is 0 Å². The molecule has 3 aromatic heterocycles. The first-order chi connectivity index (χ1) is 34.7. The van der Waals surface area contributed by atoms with Gasteiger partial charge in [-0.1, -0.05) is 188 Å². The van der Waals surface area contributed by atoms with Crippen LogP contribution < -0.4 is 0 Å². The maximum atomic E-state index is 6.91. The molecule has 0 amide bonds. The minimum Gasteiger partial charge on any atom is -0.456 e. The largest absolute Gasteiger partial charge is 0.456 e. The molecule has 328 valence electrons. The minimum absolute atomic E-state index is 0.0877. The van der Waals surface area contributed by atoms with E-state index in [0.717, 1.165) is 94.8 Å². The van der Waals surface area contributed by atoms with Crippen molar-refractivity contribution in [3.8, 4) is 78.7 Å². The molecule has 0 N–H and O–H groups in total. The van der Waals surface area contributed by atoms with Crippen LogP contribution in [0.25, 0.3) is 123 Å². The number of fused-ring (bicyclic) bond motifs is 9. The molecule has 5 nitrogen and oxygen atoms in total. The van der Waals surface area contributed by atoms with Crippen LogP contribution in [-0.2, 0) is 6.42 Å². The lowest BCUT2D eigenvalue weighted by Crippen LogP contribution is -2.13. The Bertz CT molecular complexity index is 4110. The molecule has 10 aromatic carbocycles. The van der Waals surface area contributed by atoms with Crippen molar-refractivity contribution >= 4 is 43.9 Å². The van der Waals surface area contributed by atoms with Crippen LogP contribution in [0, 0.1) is 0 Å². The van der Waals surface area contributed by atoms with Crippen molar-refractivity contribution in [3.63, 3.8) is 0 Å². The fraction of sp³-hybridized carbons (Fsp3) is 0.0308. The number of para-hydroxylation sites is 1. The van der Waals surface area contributed by atoms with Gasteiger partial charge in [0.15, 0.2) is 17.5 Å². The molecule has 0 bridgehead atoms. The van der Waals surface area contributed by atoms with E-state index in [9.17, 15) is 0 Å². The molecule has 13 aromatic rings. The monoisotopic (exact) mass is 895 g/mol. The summed E-state index contributed by atoms with van der Waals surface area (Å²) in [6, 6.07) is 81.5. The molecule has 0 saturated heterocycles. The highest BCUT2D eigenvalue weighted by atomic mass is 16.3. The van der Waals surface area contributed by atoms with E-state index in [0.29, 0.717) is 17.5 Å². The lowest BCUT2D eigenvalue weighted by atomic mass is 9.73. The second kappa shape index (κ2) is 16.3. The lowest BCUT2D eigenvalue weighted by molar-refractivity contribution is 0.668. The number of hydrogen-bond acceptors (Lipinski definition) is 5. The molecule has 14 rings (SSSR count). The third-order valence-corrected chi connectivity index (χ3v) is 14.1. The summed E-state index contributed by atoms with van der Waals surface area (Å²) >= 11 is 0. The van der Waals surface area contributed by atoms with Crippen molar-refractivity contribution in [2.45, 2.75) is 12.3 Å². The number of benzene rings is 10. The summed E-state index contributed by atoms with van der Waals surface area (Å²) in [5.74, 6) is 1.97. The van der Waals surface area contributed by atoms with Gasteiger partial charge < -0.3 is 8.83 Å². The number of nitrogens with zero attached hydrogens (tertiary/aromatic N) is 3. The zero-order valence-electron chi connectivity index (χ0n) is 37.9. The molecule has 0 spiro atoms. The highest BCUT2D eigenvalue weighted by Gasteiger charge is 2.30. The Morgan fingerprint density at radius 3 is 1.63 bits per heavy atom. The van der Waals surface area contributed by atoms with Gasteiger partial charge in [0.25, 0.3) is 0 Å². The number of hydrogen-bond donors (Lipinski definition) is 0. The van der Waals surface area contributed by atoms with Crippen LogP contribution in [0.5, 0.6) is 0 Å². The van der Waals surface area contributed by atoms with Crippen molar-refractivity contribution < 1.29 is 8.83 Å². The molecule has 1 unspecified atom stereocenters. The van der Waals surface area contributed by atoms with E-state index in [1.165, 1.54) is 33.4 Å². The quantitative estimate of drug-likeness (QED) is 0.159. The molecule has 0 radical (unpaired) electrons. The van der Waals surface area contributed by atoms with Crippen LogP contribution in [0.4, 0.5) is 0 Å². The summed E-state index contributed by atoms with van der Waals surface area (Å²) in [4.78, 5) is 15.1. The Balaban J connectivity index is 0.976. The van der Waals surface area contributed by atoms with E-state index in [1.54, 1.807) is 0 Å². The van der Waals surface area contributed by atoms with Crippen LogP contribution in [-0.4, -0.2) is 15.0 Å². The SMILES string of the molecule is c1ccc(-c2nc(-c3ccccc3)nc(-c3cccc(-c4cccc(-c5c(C6Cc7ccccc7-c7ccccc76)ccc6oc7cccc(-c8ccc9oc%10ccccc%10c9c8)c7c56)c4)c3)n2)cc1. The molecular formula is C65H41N3O2. The van der Waals surface area contributed by atoms with E-state index >= 15 is 0 Å².